The minimum atomic E-state index is -0.840. The van der Waals surface area contributed by atoms with Crippen LogP contribution in [0.4, 0.5) is 5.69 Å². The number of ketones is 1. The van der Waals surface area contributed by atoms with Gasteiger partial charge in [0.25, 0.3) is 11.7 Å². The lowest BCUT2D eigenvalue weighted by Gasteiger charge is -2.26. The predicted molar refractivity (Wildman–Crippen MR) is 147 cm³/mol. The number of amides is 1. The molecule has 1 aliphatic rings. The van der Waals surface area contributed by atoms with E-state index in [-0.39, 0.29) is 17.4 Å². The van der Waals surface area contributed by atoms with Crippen LogP contribution >= 0.6 is 0 Å². The average Bonchev–Trinajstić information content (AvgIpc) is 3.16. The molecule has 0 saturated carbocycles. The fourth-order valence-corrected chi connectivity index (χ4v) is 4.55. The summed E-state index contributed by atoms with van der Waals surface area (Å²) in [6, 6.07) is 18.6. The van der Waals surface area contributed by atoms with Gasteiger partial charge < -0.3 is 19.3 Å². The van der Waals surface area contributed by atoms with Gasteiger partial charge in [0.1, 0.15) is 23.0 Å². The summed E-state index contributed by atoms with van der Waals surface area (Å²) in [6.45, 7) is 10.5. The molecule has 1 saturated heterocycles. The number of ether oxygens (including phenoxy) is 3. The molecule has 0 aromatic heterocycles. The van der Waals surface area contributed by atoms with E-state index in [0.29, 0.717) is 47.3 Å². The summed E-state index contributed by atoms with van der Waals surface area (Å²) in [7, 11) is 0. The van der Waals surface area contributed by atoms with Gasteiger partial charge in [0.05, 0.1) is 30.9 Å². The monoisotopic (exact) mass is 515 g/mol. The van der Waals surface area contributed by atoms with Gasteiger partial charge in [0.2, 0.25) is 0 Å². The Balaban J connectivity index is 1.85. The van der Waals surface area contributed by atoms with Gasteiger partial charge in [-0.15, -0.1) is 0 Å². The van der Waals surface area contributed by atoms with Crippen molar-refractivity contribution in [1.29, 1.82) is 0 Å². The van der Waals surface area contributed by atoms with Crippen LogP contribution in [0.15, 0.2) is 72.3 Å². The van der Waals surface area contributed by atoms with E-state index in [2.05, 4.69) is 0 Å². The van der Waals surface area contributed by atoms with Gasteiger partial charge in [-0.05, 0) is 100 Å². The minimum Gasteiger partial charge on any atom is -0.507 e. The molecule has 0 bridgehead atoms. The van der Waals surface area contributed by atoms with Crippen molar-refractivity contribution < 1.29 is 28.9 Å². The Kier molecular flexibility index (Phi) is 8.05. The van der Waals surface area contributed by atoms with E-state index < -0.39 is 17.7 Å². The van der Waals surface area contributed by atoms with Gasteiger partial charge in [-0.1, -0.05) is 12.1 Å². The number of carbonyl (C=O) groups excluding carboxylic acids is 2. The standard InChI is InChI=1S/C31H33NO6/c1-6-36-24-15-11-23(12-16-24)32-28(21-8-13-25(14-9-21)38-19(3)4)27(30(34)31(32)35)29(33)22-10-17-26(37-7-2)20(5)18-22/h8-19,28,33H,6-7H2,1-5H3/b29-27-. The van der Waals surface area contributed by atoms with Crippen molar-refractivity contribution in [3.63, 3.8) is 0 Å². The van der Waals surface area contributed by atoms with Crippen LogP contribution in [0.2, 0.25) is 0 Å². The minimum absolute atomic E-state index is 0.00163. The second-order valence-corrected chi connectivity index (χ2v) is 9.24. The third kappa shape index (κ3) is 5.37. The maximum Gasteiger partial charge on any atom is 0.300 e. The van der Waals surface area contributed by atoms with Crippen molar-refractivity contribution in [2.75, 3.05) is 18.1 Å². The molecule has 3 aromatic rings. The Labute approximate surface area is 223 Å². The van der Waals surface area contributed by atoms with Crippen molar-refractivity contribution >= 4 is 23.1 Å². The number of aliphatic hydroxyl groups is 1. The number of aliphatic hydroxyl groups excluding tert-OH is 1. The van der Waals surface area contributed by atoms with Crippen LogP contribution in [0, 0.1) is 6.92 Å². The van der Waals surface area contributed by atoms with Crippen molar-refractivity contribution in [2.45, 2.75) is 46.8 Å². The lowest BCUT2D eigenvalue weighted by atomic mass is 9.94. The van der Waals surface area contributed by atoms with Crippen molar-refractivity contribution in [1.82, 2.24) is 0 Å². The van der Waals surface area contributed by atoms with Gasteiger partial charge in [0.15, 0.2) is 0 Å². The maximum atomic E-state index is 13.4. The van der Waals surface area contributed by atoms with Crippen LogP contribution in [0.1, 0.15) is 50.4 Å². The Morgan fingerprint density at radius 1 is 0.895 bits per heavy atom. The Hall–Kier alpha value is -4.26. The van der Waals surface area contributed by atoms with Gasteiger partial charge in [-0.2, -0.15) is 0 Å². The predicted octanol–water partition coefficient (Wildman–Crippen LogP) is 6.21. The zero-order valence-electron chi connectivity index (χ0n) is 22.4. The molecule has 198 valence electrons. The van der Waals surface area contributed by atoms with Crippen molar-refractivity contribution in [2.24, 2.45) is 0 Å². The van der Waals surface area contributed by atoms with Crippen molar-refractivity contribution in [3.8, 4) is 17.2 Å². The van der Waals surface area contributed by atoms with E-state index in [9.17, 15) is 14.7 Å². The summed E-state index contributed by atoms with van der Waals surface area (Å²) in [5.74, 6) is 0.307. The second-order valence-electron chi connectivity index (χ2n) is 9.24. The fourth-order valence-electron chi connectivity index (χ4n) is 4.55. The summed E-state index contributed by atoms with van der Waals surface area (Å²) in [4.78, 5) is 28.3. The lowest BCUT2D eigenvalue weighted by Crippen LogP contribution is -2.29. The molecule has 1 fully saturated rings. The van der Waals surface area contributed by atoms with Crippen LogP contribution in [-0.4, -0.2) is 36.1 Å². The Morgan fingerprint density at radius 3 is 2.11 bits per heavy atom. The highest BCUT2D eigenvalue weighted by atomic mass is 16.5. The lowest BCUT2D eigenvalue weighted by molar-refractivity contribution is -0.132. The SMILES string of the molecule is CCOc1ccc(N2C(=O)C(=O)/C(=C(\O)c3ccc(OCC)c(C)c3)C2c2ccc(OC(C)C)cc2)cc1. The van der Waals surface area contributed by atoms with E-state index in [1.165, 1.54) is 4.90 Å². The van der Waals surface area contributed by atoms with Crippen LogP contribution in [0.25, 0.3) is 5.76 Å². The molecule has 1 heterocycles. The number of hydrogen-bond donors (Lipinski definition) is 1. The second kappa shape index (κ2) is 11.4. The summed E-state index contributed by atoms with van der Waals surface area (Å²) >= 11 is 0. The topological polar surface area (TPSA) is 85.3 Å². The van der Waals surface area contributed by atoms with E-state index in [1.807, 2.05) is 46.8 Å². The van der Waals surface area contributed by atoms with Crippen LogP contribution in [0.3, 0.4) is 0 Å². The van der Waals surface area contributed by atoms with Crippen LogP contribution in [0.5, 0.6) is 17.2 Å². The molecule has 1 unspecified atom stereocenters. The quantitative estimate of drug-likeness (QED) is 0.207. The number of aryl methyl sites for hydroxylation is 1. The number of hydrogen-bond acceptors (Lipinski definition) is 6. The highest BCUT2D eigenvalue weighted by Gasteiger charge is 2.47. The molecule has 7 nitrogen and oxygen atoms in total. The van der Waals surface area contributed by atoms with Gasteiger partial charge in [-0.3, -0.25) is 14.5 Å². The highest BCUT2D eigenvalue weighted by molar-refractivity contribution is 6.51. The van der Waals surface area contributed by atoms with Gasteiger partial charge >= 0.3 is 0 Å². The normalized spacial score (nSPS) is 16.7. The molecule has 4 rings (SSSR count). The zero-order chi connectivity index (χ0) is 27.4. The molecule has 1 aliphatic heterocycles. The summed E-state index contributed by atoms with van der Waals surface area (Å²) in [5, 5.41) is 11.4. The molecular weight excluding hydrogens is 482 g/mol. The highest BCUT2D eigenvalue weighted by Crippen LogP contribution is 2.43. The molecule has 1 amide bonds. The molecular formula is C31H33NO6. The average molecular weight is 516 g/mol. The third-order valence-electron chi connectivity index (χ3n) is 6.19. The first-order valence-electron chi connectivity index (χ1n) is 12.8. The first kappa shape index (κ1) is 26.8. The molecule has 0 spiro atoms. The van der Waals surface area contributed by atoms with Crippen LogP contribution in [-0.2, 0) is 9.59 Å². The Morgan fingerprint density at radius 2 is 1.53 bits per heavy atom. The third-order valence-corrected chi connectivity index (χ3v) is 6.19. The number of anilines is 1. The molecule has 1 atom stereocenters. The summed E-state index contributed by atoms with van der Waals surface area (Å²) < 4.78 is 16.9. The summed E-state index contributed by atoms with van der Waals surface area (Å²) in [6.07, 6.45) is -0.00163. The van der Waals surface area contributed by atoms with Gasteiger partial charge in [-0.25, -0.2) is 0 Å². The molecule has 38 heavy (non-hydrogen) atoms. The Bertz CT molecular complexity index is 1340. The summed E-state index contributed by atoms with van der Waals surface area (Å²) in [5.41, 5.74) is 2.44. The molecule has 3 aromatic carbocycles. The maximum absolute atomic E-state index is 13.4. The fraction of sp³-hybridized carbons (Fsp3) is 0.290. The van der Waals surface area contributed by atoms with E-state index in [1.54, 1.807) is 54.6 Å². The van der Waals surface area contributed by atoms with Crippen LogP contribution < -0.4 is 19.1 Å². The van der Waals surface area contributed by atoms with E-state index in [4.69, 9.17) is 14.2 Å². The number of carbonyl (C=O) groups is 2. The molecule has 0 radical (unpaired) electrons. The number of benzene rings is 3. The van der Waals surface area contributed by atoms with E-state index in [0.717, 1.165) is 5.56 Å². The van der Waals surface area contributed by atoms with Crippen molar-refractivity contribution in [3.05, 3.63) is 89.0 Å². The number of nitrogens with zero attached hydrogens (tertiary/aromatic N) is 1. The molecule has 1 N–H and O–H groups in total. The zero-order valence-corrected chi connectivity index (χ0v) is 22.4. The smallest absolute Gasteiger partial charge is 0.300 e. The number of rotatable bonds is 9. The largest absolute Gasteiger partial charge is 0.507 e. The number of Topliss-reactive ketones (excluding diaryl/α,β-unsaturated/α-hetero) is 1. The van der Waals surface area contributed by atoms with E-state index >= 15 is 0 Å². The molecule has 0 aliphatic carbocycles. The first-order chi connectivity index (χ1) is 18.2. The first-order valence-corrected chi connectivity index (χ1v) is 12.8. The molecule has 7 heteroatoms. The van der Waals surface area contributed by atoms with Gasteiger partial charge in [0, 0.05) is 11.3 Å².